The second-order valence-electron chi connectivity index (χ2n) is 8.77. The van der Waals surface area contributed by atoms with Crippen LogP contribution in [0.2, 0.25) is 0 Å². The molecule has 1 atom stereocenters. The Morgan fingerprint density at radius 2 is 1.62 bits per heavy atom. The third-order valence-electron chi connectivity index (χ3n) is 6.06. The number of amides is 2. The van der Waals surface area contributed by atoms with Gasteiger partial charge in [0.2, 0.25) is 5.75 Å². The number of nitrogen functional groups attached to an aromatic ring is 1. The highest BCUT2D eigenvalue weighted by Crippen LogP contribution is 2.23. The fourth-order valence-corrected chi connectivity index (χ4v) is 4.04. The molecule has 8 nitrogen and oxygen atoms in total. The summed E-state index contributed by atoms with van der Waals surface area (Å²) in [5.74, 6) is 0.117. The minimum Gasteiger partial charge on any atom is -0.397 e. The van der Waals surface area contributed by atoms with Crippen LogP contribution in [0.4, 0.5) is 11.4 Å². The second-order valence-corrected chi connectivity index (χ2v) is 8.77. The molecule has 4 rings (SSSR count). The lowest BCUT2D eigenvalue weighted by atomic mass is 10.1. The maximum atomic E-state index is 13.1. The number of carbonyl (C=O) groups excluding carboxylic acids is 2. The summed E-state index contributed by atoms with van der Waals surface area (Å²) in [6.07, 6.45) is 8.30. The van der Waals surface area contributed by atoms with Gasteiger partial charge in [0.05, 0.1) is 24.5 Å². The first-order chi connectivity index (χ1) is 17.9. The lowest BCUT2D eigenvalue weighted by Crippen LogP contribution is -2.54. The normalized spacial score (nSPS) is 12.4. The van der Waals surface area contributed by atoms with Crippen molar-refractivity contribution in [3.63, 3.8) is 0 Å². The van der Waals surface area contributed by atoms with Crippen LogP contribution in [0.25, 0.3) is 0 Å². The van der Waals surface area contributed by atoms with Crippen LogP contribution >= 0.6 is 0 Å². The standard InChI is InChI=1S/C29H29N5O3/c1-22(35)34(37-26-9-5-17-32-20-26,18-6-8-23-7-4-16-31-19-23)21-24-12-14-25(15-13-24)29(36)33-28-11-3-2-10-27(28)30/h2-5,7,9-17,19-20H,6,8,18,21,30H2,1H3/p+1. The van der Waals surface area contributed by atoms with Crippen LogP contribution < -0.4 is 15.9 Å². The molecule has 3 N–H and O–H groups in total. The average Bonchev–Trinajstić information content (AvgIpc) is 2.91. The summed E-state index contributed by atoms with van der Waals surface area (Å²) in [7, 11) is 0. The zero-order valence-corrected chi connectivity index (χ0v) is 20.7. The van der Waals surface area contributed by atoms with E-state index in [0.29, 0.717) is 42.2 Å². The number of hydroxylamine groups is 3. The number of nitrogens with two attached hydrogens (primary N) is 1. The van der Waals surface area contributed by atoms with Crippen LogP contribution in [-0.2, 0) is 17.8 Å². The molecule has 0 bridgehead atoms. The molecule has 0 radical (unpaired) electrons. The quantitative estimate of drug-likeness (QED) is 0.186. The van der Waals surface area contributed by atoms with E-state index in [1.807, 2.05) is 42.6 Å². The van der Waals surface area contributed by atoms with Gasteiger partial charge >= 0.3 is 5.91 Å². The first-order valence-corrected chi connectivity index (χ1v) is 12.1. The number of rotatable bonds is 10. The average molecular weight is 497 g/mol. The Bertz CT molecular complexity index is 1330. The predicted molar refractivity (Wildman–Crippen MR) is 142 cm³/mol. The summed E-state index contributed by atoms with van der Waals surface area (Å²) < 4.78 is -0.238. The highest BCUT2D eigenvalue weighted by molar-refractivity contribution is 6.05. The highest BCUT2D eigenvalue weighted by Gasteiger charge is 2.37. The summed E-state index contributed by atoms with van der Waals surface area (Å²) in [4.78, 5) is 40.4. The van der Waals surface area contributed by atoms with Crippen molar-refractivity contribution in [2.24, 2.45) is 0 Å². The Kier molecular flexibility index (Phi) is 8.22. The van der Waals surface area contributed by atoms with E-state index in [4.69, 9.17) is 10.6 Å². The molecule has 0 spiro atoms. The molecule has 2 heterocycles. The molecule has 1 unspecified atom stereocenters. The smallest absolute Gasteiger partial charge is 0.351 e. The van der Waals surface area contributed by atoms with Crippen LogP contribution in [0.5, 0.6) is 5.75 Å². The number of hydrogen-bond donors (Lipinski definition) is 2. The number of aryl methyl sites for hydroxylation is 1. The van der Waals surface area contributed by atoms with Crippen molar-refractivity contribution in [1.82, 2.24) is 9.97 Å². The van der Waals surface area contributed by atoms with E-state index >= 15 is 0 Å². The molecule has 2 aromatic carbocycles. The molecule has 2 amide bonds. The fourth-order valence-electron chi connectivity index (χ4n) is 4.04. The van der Waals surface area contributed by atoms with Gasteiger partial charge in [0.15, 0.2) is 6.54 Å². The van der Waals surface area contributed by atoms with Crippen molar-refractivity contribution in [3.05, 3.63) is 114 Å². The van der Waals surface area contributed by atoms with Crippen molar-refractivity contribution < 1.29 is 19.1 Å². The molecule has 0 fully saturated rings. The van der Waals surface area contributed by atoms with E-state index in [2.05, 4.69) is 15.3 Å². The van der Waals surface area contributed by atoms with Gasteiger partial charge in [-0.15, -0.1) is 0 Å². The number of nitrogens with zero attached hydrogens (tertiary/aromatic N) is 3. The molecule has 4 aromatic rings. The van der Waals surface area contributed by atoms with Gasteiger partial charge in [0, 0.05) is 36.1 Å². The Morgan fingerprint density at radius 1 is 0.892 bits per heavy atom. The van der Waals surface area contributed by atoms with E-state index < -0.39 is 0 Å². The van der Waals surface area contributed by atoms with E-state index in [-0.39, 0.29) is 16.5 Å². The van der Waals surface area contributed by atoms with E-state index in [9.17, 15) is 9.59 Å². The number of aromatic nitrogens is 2. The van der Waals surface area contributed by atoms with Crippen molar-refractivity contribution in [1.29, 1.82) is 0 Å². The molecule has 188 valence electrons. The molecule has 0 saturated carbocycles. The van der Waals surface area contributed by atoms with Gasteiger partial charge < -0.3 is 15.9 Å². The zero-order chi connectivity index (χ0) is 26.1. The van der Waals surface area contributed by atoms with Crippen LogP contribution in [0.1, 0.15) is 34.8 Å². The summed E-state index contributed by atoms with van der Waals surface area (Å²) in [5, 5.41) is 2.83. The lowest BCUT2D eigenvalue weighted by molar-refractivity contribution is -1.03. The Hall–Kier alpha value is -4.56. The Balaban J connectivity index is 1.52. The number of anilines is 2. The first-order valence-electron chi connectivity index (χ1n) is 12.1. The topological polar surface area (TPSA) is 107 Å². The molecule has 2 aromatic heterocycles. The number of carbonyl (C=O) groups is 2. The molecule has 8 heteroatoms. The summed E-state index contributed by atoms with van der Waals surface area (Å²) in [6, 6.07) is 21.7. The van der Waals surface area contributed by atoms with E-state index in [0.717, 1.165) is 17.5 Å². The van der Waals surface area contributed by atoms with Crippen LogP contribution in [-0.4, -0.2) is 33.0 Å². The maximum absolute atomic E-state index is 13.1. The number of hydrogen-bond acceptors (Lipinski definition) is 6. The number of nitrogens with one attached hydrogen (secondary N) is 1. The van der Waals surface area contributed by atoms with Gasteiger partial charge in [0.1, 0.15) is 6.54 Å². The lowest BCUT2D eigenvalue weighted by Gasteiger charge is -2.32. The van der Waals surface area contributed by atoms with Crippen LogP contribution in [0.15, 0.2) is 97.6 Å². The number of benzene rings is 2. The Morgan fingerprint density at radius 3 is 2.27 bits per heavy atom. The van der Waals surface area contributed by atoms with Crippen molar-refractivity contribution in [3.8, 4) is 5.75 Å². The molecule has 37 heavy (non-hydrogen) atoms. The summed E-state index contributed by atoms with van der Waals surface area (Å²) >= 11 is 0. The maximum Gasteiger partial charge on any atom is 0.351 e. The van der Waals surface area contributed by atoms with Crippen LogP contribution in [0, 0.1) is 0 Å². The third-order valence-corrected chi connectivity index (χ3v) is 6.06. The molecule has 0 aliphatic heterocycles. The van der Waals surface area contributed by atoms with E-state index in [1.165, 1.54) is 6.92 Å². The number of pyridine rings is 2. The zero-order valence-electron chi connectivity index (χ0n) is 20.7. The Labute approximate surface area is 216 Å². The van der Waals surface area contributed by atoms with Gasteiger partial charge in [-0.2, -0.15) is 0 Å². The van der Waals surface area contributed by atoms with Gasteiger partial charge in [-0.1, -0.05) is 35.0 Å². The molecular weight excluding hydrogens is 466 g/mol. The fraction of sp³-hybridized carbons (Fsp3) is 0.172. The monoisotopic (exact) mass is 496 g/mol. The molecule has 0 aliphatic rings. The van der Waals surface area contributed by atoms with Crippen molar-refractivity contribution in [2.75, 3.05) is 17.6 Å². The van der Waals surface area contributed by atoms with Crippen molar-refractivity contribution in [2.45, 2.75) is 26.3 Å². The minimum atomic E-state index is -0.264. The summed E-state index contributed by atoms with van der Waals surface area (Å²) in [6.45, 7) is 2.28. The third kappa shape index (κ3) is 6.77. The SMILES string of the molecule is CC(=O)[N+](CCCc1cccnc1)(Cc1ccc(C(=O)Nc2ccccc2N)cc1)Oc1cccnc1. The first kappa shape index (κ1) is 25.5. The largest absolute Gasteiger partial charge is 0.397 e. The number of quaternary nitrogens is 1. The molecule has 0 saturated heterocycles. The minimum absolute atomic E-state index is 0.128. The number of para-hydroxylation sites is 2. The molecular formula is C29H30N5O3+. The van der Waals surface area contributed by atoms with Crippen LogP contribution in [0.3, 0.4) is 0 Å². The second kappa shape index (κ2) is 11.9. The highest BCUT2D eigenvalue weighted by atomic mass is 16.7. The summed E-state index contributed by atoms with van der Waals surface area (Å²) in [5.41, 5.74) is 9.43. The van der Waals surface area contributed by atoms with Gasteiger partial charge in [-0.25, -0.2) is 4.79 Å². The van der Waals surface area contributed by atoms with Gasteiger partial charge in [-0.3, -0.25) is 14.8 Å². The predicted octanol–water partition coefficient (Wildman–Crippen LogP) is 4.80. The molecule has 0 aliphatic carbocycles. The van der Waals surface area contributed by atoms with E-state index in [1.54, 1.807) is 55.0 Å². The van der Waals surface area contributed by atoms with Gasteiger partial charge in [-0.05, 0) is 54.4 Å². The van der Waals surface area contributed by atoms with Gasteiger partial charge in [0.25, 0.3) is 5.91 Å². The van der Waals surface area contributed by atoms with Crippen molar-refractivity contribution >= 4 is 23.2 Å².